The fourth-order valence-electron chi connectivity index (χ4n) is 0.447. The van der Waals surface area contributed by atoms with Gasteiger partial charge in [-0.2, -0.15) is 0 Å². The molecule has 0 aliphatic rings. The second kappa shape index (κ2) is 2.21. The predicted molar refractivity (Wildman–Crippen MR) is 33.4 cm³/mol. The molecule has 0 fully saturated rings. The number of nitrogens with zero attached hydrogens (tertiary/aromatic N) is 2. The highest BCUT2D eigenvalue weighted by Crippen LogP contribution is 2.01. The van der Waals surface area contributed by atoms with E-state index in [9.17, 15) is 0 Å². The minimum absolute atomic E-state index is 0.674. The molecule has 0 aromatic carbocycles. The lowest BCUT2D eigenvalue weighted by molar-refractivity contribution is 1.28. The Morgan fingerprint density at radius 3 is 2.75 bits per heavy atom. The molecule has 0 bridgehead atoms. The van der Waals surface area contributed by atoms with Crippen molar-refractivity contribution >= 4 is 12.5 Å². The Balaban J connectivity index is 2.99. The van der Waals surface area contributed by atoms with E-state index < -0.39 is 0 Å². The van der Waals surface area contributed by atoms with E-state index in [1.54, 1.807) is 12.3 Å². The van der Waals surface area contributed by atoms with Crippen LogP contribution in [0.2, 0.25) is 0 Å². The number of hydrogen-bond acceptors (Lipinski definition) is 2. The van der Waals surface area contributed by atoms with Gasteiger partial charge in [0.2, 0.25) is 0 Å². The summed E-state index contributed by atoms with van der Waals surface area (Å²) in [4.78, 5) is 7.48. The van der Waals surface area contributed by atoms with Gasteiger partial charge in [0, 0.05) is 6.20 Å². The van der Waals surface area contributed by atoms with E-state index in [1.807, 2.05) is 12.1 Å². The van der Waals surface area contributed by atoms with Crippen LogP contribution in [0.1, 0.15) is 0 Å². The topological polar surface area (TPSA) is 25.2 Å². The van der Waals surface area contributed by atoms with Crippen molar-refractivity contribution in [1.29, 1.82) is 0 Å². The Labute approximate surface area is 47.9 Å². The highest BCUT2D eigenvalue weighted by atomic mass is 14.9. The fourth-order valence-corrected chi connectivity index (χ4v) is 0.447. The van der Waals surface area contributed by atoms with Gasteiger partial charge in [-0.1, -0.05) is 6.07 Å². The van der Waals surface area contributed by atoms with Crippen molar-refractivity contribution in [2.75, 3.05) is 0 Å². The second-order valence-corrected chi connectivity index (χ2v) is 1.35. The zero-order valence-corrected chi connectivity index (χ0v) is 4.41. The van der Waals surface area contributed by atoms with Crippen molar-refractivity contribution in [3.05, 3.63) is 24.4 Å². The summed E-state index contributed by atoms with van der Waals surface area (Å²) in [6, 6.07) is 5.51. The molecule has 1 aromatic heterocycles. The van der Waals surface area contributed by atoms with Crippen LogP contribution in [0.25, 0.3) is 0 Å². The first-order valence-electron chi connectivity index (χ1n) is 2.31. The zero-order valence-electron chi connectivity index (χ0n) is 4.41. The smallest absolute Gasteiger partial charge is 0.151 e. The normalized spacial score (nSPS) is 8.50. The SMILES string of the molecule is C=Nc1ccccn1. The van der Waals surface area contributed by atoms with Gasteiger partial charge in [0.05, 0.1) is 0 Å². The standard InChI is InChI=1S/C6H6N2/c1-7-6-4-2-3-5-8-6/h2-5H,1H2. The third-order valence-electron chi connectivity index (χ3n) is 0.811. The van der Waals surface area contributed by atoms with E-state index in [2.05, 4.69) is 16.7 Å². The van der Waals surface area contributed by atoms with Gasteiger partial charge in [0.1, 0.15) is 0 Å². The molecule has 0 amide bonds. The molecule has 0 spiro atoms. The number of aliphatic imine (C=N–C) groups is 1. The summed E-state index contributed by atoms with van der Waals surface area (Å²) in [5.41, 5.74) is 0. The molecule has 1 heterocycles. The van der Waals surface area contributed by atoms with E-state index >= 15 is 0 Å². The molecular weight excluding hydrogens is 100 g/mol. The monoisotopic (exact) mass is 106 g/mol. The molecule has 0 aliphatic heterocycles. The number of rotatable bonds is 1. The Morgan fingerprint density at radius 2 is 2.38 bits per heavy atom. The van der Waals surface area contributed by atoms with Crippen LogP contribution in [0.3, 0.4) is 0 Å². The summed E-state index contributed by atoms with van der Waals surface area (Å²) in [5.74, 6) is 0.674. The van der Waals surface area contributed by atoms with Gasteiger partial charge in [-0.3, -0.25) is 0 Å². The van der Waals surface area contributed by atoms with Gasteiger partial charge >= 0.3 is 0 Å². The molecule has 2 heteroatoms. The average Bonchev–Trinajstić information content (AvgIpc) is 1.90. The van der Waals surface area contributed by atoms with Gasteiger partial charge in [0.15, 0.2) is 5.82 Å². The van der Waals surface area contributed by atoms with Crippen molar-refractivity contribution in [1.82, 2.24) is 4.98 Å². The van der Waals surface area contributed by atoms with Gasteiger partial charge in [-0.25, -0.2) is 9.98 Å². The van der Waals surface area contributed by atoms with Gasteiger partial charge in [0.25, 0.3) is 0 Å². The van der Waals surface area contributed by atoms with Crippen LogP contribution in [0, 0.1) is 0 Å². The molecular formula is C6H6N2. The molecule has 40 valence electrons. The van der Waals surface area contributed by atoms with Crippen LogP contribution in [-0.2, 0) is 0 Å². The molecule has 8 heavy (non-hydrogen) atoms. The van der Waals surface area contributed by atoms with Gasteiger partial charge in [-0.15, -0.1) is 0 Å². The summed E-state index contributed by atoms with van der Waals surface area (Å²) >= 11 is 0. The minimum atomic E-state index is 0.674. The van der Waals surface area contributed by atoms with Crippen molar-refractivity contribution < 1.29 is 0 Å². The Bertz CT molecular complexity index is 169. The van der Waals surface area contributed by atoms with E-state index in [0.29, 0.717) is 5.82 Å². The van der Waals surface area contributed by atoms with Crippen molar-refractivity contribution in [3.63, 3.8) is 0 Å². The first-order chi connectivity index (χ1) is 3.93. The van der Waals surface area contributed by atoms with Crippen molar-refractivity contribution in [2.24, 2.45) is 4.99 Å². The lowest BCUT2D eigenvalue weighted by Crippen LogP contribution is -1.66. The molecule has 0 radical (unpaired) electrons. The van der Waals surface area contributed by atoms with Crippen LogP contribution >= 0.6 is 0 Å². The third kappa shape index (κ3) is 0.904. The second-order valence-electron chi connectivity index (χ2n) is 1.35. The highest BCUT2D eigenvalue weighted by molar-refractivity contribution is 5.38. The molecule has 0 aliphatic carbocycles. The molecule has 1 rings (SSSR count). The lowest BCUT2D eigenvalue weighted by atomic mass is 10.5. The van der Waals surface area contributed by atoms with E-state index in [4.69, 9.17) is 0 Å². The van der Waals surface area contributed by atoms with Crippen LogP contribution < -0.4 is 0 Å². The van der Waals surface area contributed by atoms with E-state index in [-0.39, 0.29) is 0 Å². The fraction of sp³-hybridized carbons (Fsp3) is 0. The van der Waals surface area contributed by atoms with Gasteiger partial charge < -0.3 is 0 Å². The average molecular weight is 106 g/mol. The summed E-state index contributed by atoms with van der Waals surface area (Å²) < 4.78 is 0. The first kappa shape index (κ1) is 4.97. The quantitative estimate of drug-likeness (QED) is 0.497. The van der Waals surface area contributed by atoms with E-state index in [0.717, 1.165) is 0 Å². The minimum Gasteiger partial charge on any atom is -0.245 e. The Morgan fingerprint density at radius 1 is 1.50 bits per heavy atom. The molecule has 0 atom stereocenters. The predicted octanol–water partition coefficient (Wildman–Crippen LogP) is 1.41. The Kier molecular flexibility index (Phi) is 1.37. The molecule has 2 nitrogen and oxygen atoms in total. The van der Waals surface area contributed by atoms with Gasteiger partial charge in [-0.05, 0) is 18.9 Å². The van der Waals surface area contributed by atoms with Crippen molar-refractivity contribution in [2.45, 2.75) is 0 Å². The molecule has 0 N–H and O–H groups in total. The summed E-state index contributed by atoms with van der Waals surface area (Å²) in [5, 5.41) is 0. The number of aromatic nitrogens is 1. The maximum absolute atomic E-state index is 3.87. The maximum atomic E-state index is 3.87. The van der Waals surface area contributed by atoms with Crippen LogP contribution in [0.15, 0.2) is 29.4 Å². The summed E-state index contributed by atoms with van der Waals surface area (Å²) in [7, 11) is 0. The maximum Gasteiger partial charge on any atom is 0.151 e. The zero-order chi connectivity index (χ0) is 5.82. The molecule has 0 saturated carbocycles. The highest BCUT2D eigenvalue weighted by Gasteiger charge is 1.78. The first-order valence-corrected chi connectivity index (χ1v) is 2.31. The van der Waals surface area contributed by atoms with Crippen LogP contribution in [0.4, 0.5) is 5.82 Å². The lowest BCUT2D eigenvalue weighted by Gasteiger charge is -1.84. The Hall–Kier alpha value is -1.18. The summed E-state index contributed by atoms with van der Waals surface area (Å²) in [6.45, 7) is 3.32. The van der Waals surface area contributed by atoms with Crippen LogP contribution in [-0.4, -0.2) is 11.7 Å². The third-order valence-corrected chi connectivity index (χ3v) is 0.811. The molecule has 0 saturated heterocycles. The number of hydrogen-bond donors (Lipinski definition) is 0. The largest absolute Gasteiger partial charge is 0.245 e. The molecule has 1 aromatic rings. The van der Waals surface area contributed by atoms with Crippen molar-refractivity contribution in [3.8, 4) is 0 Å². The molecule has 0 unspecified atom stereocenters. The van der Waals surface area contributed by atoms with Crippen LogP contribution in [0.5, 0.6) is 0 Å². The summed E-state index contributed by atoms with van der Waals surface area (Å²) in [6.07, 6.45) is 1.68. The number of pyridine rings is 1. The van der Waals surface area contributed by atoms with E-state index in [1.165, 1.54) is 0 Å².